The van der Waals surface area contributed by atoms with Crippen molar-refractivity contribution in [3.63, 3.8) is 0 Å². The highest BCUT2D eigenvalue weighted by atomic mass is 127. The summed E-state index contributed by atoms with van der Waals surface area (Å²) >= 11 is 0. The first-order valence-corrected chi connectivity index (χ1v) is 9.00. The zero-order valence-corrected chi connectivity index (χ0v) is 17.3. The Morgan fingerprint density at radius 3 is 2.84 bits per heavy atom. The maximum atomic E-state index is 6.19. The number of para-hydroxylation sites is 1. The number of hydrogen-bond donors (Lipinski definition) is 2. The number of rotatable bonds is 5. The Morgan fingerprint density at radius 1 is 1.32 bits per heavy atom. The maximum Gasteiger partial charge on any atom is 0.189 e. The Hall–Kier alpha value is -1.02. The second-order valence-corrected chi connectivity index (χ2v) is 7.07. The summed E-state index contributed by atoms with van der Waals surface area (Å²) in [7, 11) is 1.78. The summed E-state index contributed by atoms with van der Waals surface area (Å²) in [5.74, 6) is 1.47. The minimum absolute atomic E-state index is 0. The third-order valence-electron chi connectivity index (χ3n) is 5.23. The molecule has 1 heterocycles. The normalized spacial score (nSPS) is 22.3. The third-order valence-corrected chi connectivity index (χ3v) is 5.23. The molecule has 2 aliphatic rings. The van der Waals surface area contributed by atoms with Gasteiger partial charge in [0.25, 0.3) is 0 Å². The van der Waals surface area contributed by atoms with Crippen LogP contribution in [0.5, 0.6) is 5.75 Å². The summed E-state index contributed by atoms with van der Waals surface area (Å²) in [5, 5.41) is 3.38. The van der Waals surface area contributed by atoms with Gasteiger partial charge in [0, 0.05) is 24.5 Å². The fraction of sp³-hybridized carbons (Fsp3) is 0.632. The van der Waals surface area contributed by atoms with Gasteiger partial charge in [-0.05, 0) is 18.9 Å². The van der Waals surface area contributed by atoms with E-state index >= 15 is 0 Å². The quantitative estimate of drug-likeness (QED) is 0.401. The van der Waals surface area contributed by atoms with Gasteiger partial charge in [-0.25, -0.2) is 0 Å². The standard InChI is InChI=1S/C19H29N3O2.HI/c1-23-14-19(10-5-2-6-11-19)13-21-18(20)22-16-9-12-24-17-8-4-3-7-15(16)17;/h3-4,7-8,16H,2,5-6,9-14H2,1H3,(H3,20,21,22);1H. The van der Waals surface area contributed by atoms with Gasteiger partial charge in [-0.1, -0.05) is 37.5 Å². The van der Waals surface area contributed by atoms with Crippen LogP contribution in [0.1, 0.15) is 50.1 Å². The van der Waals surface area contributed by atoms with Crippen molar-refractivity contribution in [2.75, 3.05) is 26.9 Å². The van der Waals surface area contributed by atoms with E-state index in [-0.39, 0.29) is 35.4 Å². The van der Waals surface area contributed by atoms with Crippen LogP contribution in [-0.4, -0.2) is 32.8 Å². The molecular weight excluding hydrogens is 429 g/mol. The highest BCUT2D eigenvalue weighted by Gasteiger charge is 2.32. The van der Waals surface area contributed by atoms with Crippen molar-refractivity contribution >= 4 is 29.9 Å². The SMILES string of the molecule is COCC1(CN=C(N)NC2CCOc3ccccc32)CCCCC1.I. The van der Waals surface area contributed by atoms with Crippen LogP contribution in [0.4, 0.5) is 0 Å². The lowest BCUT2D eigenvalue weighted by molar-refractivity contribution is 0.0555. The summed E-state index contributed by atoms with van der Waals surface area (Å²) in [5.41, 5.74) is 7.51. The van der Waals surface area contributed by atoms with Crippen molar-refractivity contribution < 1.29 is 9.47 Å². The molecule has 1 atom stereocenters. The number of hydrogen-bond acceptors (Lipinski definition) is 3. The van der Waals surface area contributed by atoms with E-state index in [1.807, 2.05) is 18.2 Å². The van der Waals surface area contributed by atoms with E-state index in [0.717, 1.165) is 30.9 Å². The summed E-state index contributed by atoms with van der Waals surface area (Å²) < 4.78 is 11.2. The lowest BCUT2D eigenvalue weighted by Gasteiger charge is -2.35. The number of nitrogens with one attached hydrogen (secondary N) is 1. The zero-order chi connectivity index (χ0) is 16.8. The number of ether oxygens (including phenoxy) is 2. The molecule has 1 saturated carbocycles. The summed E-state index contributed by atoms with van der Waals surface area (Å²) in [6, 6.07) is 8.30. The number of halogens is 1. The Balaban J connectivity index is 0.00000225. The van der Waals surface area contributed by atoms with Crippen LogP contribution in [0.15, 0.2) is 29.3 Å². The van der Waals surface area contributed by atoms with Gasteiger partial charge in [0.2, 0.25) is 0 Å². The molecule has 1 aromatic rings. The number of nitrogens with zero attached hydrogens (tertiary/aromatic N) is 1. The smallest absolute Gasteiger partial charge is 0.189 e. The largest absolute Gasteiger partial charge is 0.493 e. The van der Waals surface area contributed by atoms with Crippen LogP contribution in [0.2, 0.25) is 0 Å². The third kappa shape index (κ3) is 5.23. The number of aliphatic imine (C=N–C) groups is 1. The van der Waals surface area contributed by atoms with E-state index in [2.05, 4.69) is 16.4 Å². The molecule has 0 bridgehead atoms. The topological polar surface area (TPSA) is 68.9 Å². The number of methoxy groups -OCH3 is 1. The fourth-order valence-electron chi connectivity index (χ4n) is 3.93. The second kappa shape index (κ2) is 9.62. The number of benzene rings is 1. The molecule has 1 fully saturated rings. The van der Waals surface area contributed by atoms with E-state index in [9.17, 15) is 0 Å². The first kappa shape index (κ1) is 20.3. The van der Waals surface area contributed by atoms with E-state index in [1.165, 1.54) is 32.1 Å². The van der Waals surface area contributed by atoms with Crippen LogP contribution >= 0.6 is 24.0 Å². The molecule has 0 aromatic heterocycles. The predicted molar refractivity (Wildman–Crippen MR) is 112 cm³/mol. The van der Waals surface area contributed by atoms with Gasteiger partial charge >= 0.3 is 0 Å². The molecule has 0 spiro atoms. The Labute approximate surface area is 167 Å². The predicted octanol–water partition coefficient (Wildman–Crippen LogP) is 3.63. The van der Waals surface area contributed by atoms with Crippen molar-refractivity contribution in [2.24, 2.45) is 16.1 Å². The molecule has 6 heteroatoms. The molecule has 5 nitrogen and oxygen atoms in total. The average molecular weight is 459 g/mol. The van der Waals surface area contributed by atoms with Crippen LogP contribution in [-0.2, 0) is 4.74 Å². The van der Waals surface area contributed by atoms with Crippen LogP contribution < -0.4 is 15.8 Å². The van der Waals surface area contributed by atoms with Crippen molar-refractivity contribution in [2.45, 2.75) is 44.6 Å². The molecular formula is C19H30IN3O2. The van der Waals surface area contributed by atoms with Gasteiger partial charge in [-0.3, -0.25) is 4.99 Å². The molecule has 0 saturated heterocycles. The number of fused-ring (bicyclic) bond motifs is 1. The summed E-state index contributed by atoms with van der Waals surface area (Å²) in [6.45, 7) is 2.21. The van der Waals surface area contributed by atoms with E-state index < -0.39 is 0 Å². The highest BCUT2D eigenvalue weighted by Crippen LogP contribution is 2.37. The molecule has 3 N–H and O–H groups in total. The van der Waals surface area contributed by atoms with Gasteiger partial charge in [-0.15, -0.1) is 24.0 Å². The Kier molecular flexibility index (Phi) is 7.81. The lowest BCUT2D eigenvalue weighted by Crippen LogP contribution is -2.39. The minimum atomic E-state index is 0. The maximum absolute atomic E-state index is 6.19. The molecule has 3 rings (SSSR count). The van der Waals surface area contributed by atoms with Gasteiger partial charge in [0.05, 0.1) is 25.8 Å². The molecule has 25 heavy (non-hydrogen) atoms. The van der Waals surface area contributed by atoms with Crippen molar-refractivity contribution in [1.82, 2.24) is 5.32 Å². The Morgan fingerprint density at radius 2 is 2.08 bits per heavy atom. The van der Waals surface area contributed by atoms with Gasteiger partial charge in [0.15, 0.2) is 5.96 Å². The summed E-state index contributed by atoms with van der Waals surface area (Å²) in [4.78, 5) is 4.67. The highest BCUT2D eigenvalue weighted by molar-refractivity contribution is 14.0. The van der Waals surface area contributed by atoms with Gasteiger partial charge in [-0.2, -0.15) is 0 Å². The second-order valence-electron chi connectivity index (χ2n) is 7.07. The molecule has 140 valence electrons. The van der Waals surface area contributed by atoms with E-state index in [0.29, 0.717) is 12.6 Å². The van der Waals surface area contributed by atoms with Crippen LogP contribution in [0.25, 0.3) is 0 Å². The Bertz CT molecular complexity index is 568. The lowest BCUT2D eigenvalue weighted by atomic mass is 9.75. The number of nitrogens with two attached hydrogens (primary N) is 1. The monoisotopic (exact) mass is 459 g/mol. The van der Waals surface area contributed by atoms with Crippen LogP contribution in [0, 0.1) is 5.41 Å². The van der Waals surface area contributed by atoms with Gasteiger partial charge in [0.1, 0.15) is 5.75 Å². The zero-order valence-electron chi connectivity index (χ0n) is 15.0. The first-order chi connectivity index (χ1) is 11.7. The van der Waals surface area contributed by atoms with E-state index in [1.54, 1.807) is 7.11 Å². The van der Waals surface area contributed by atoms with Crippen molar-refractivity contribution in [1.29, 1.82) is 0 Å². The molecule has 1 aliphatic carbocycles. The first-order valence-electron chi connectivity index (χ1n) is 9.00. The van der Waals surface area contributed by atoms with Crippen LogP contribution in [0.3, 0.4) is 0 Å². The van der Waals surface area contributed by atoms with E-state index in [4.69, 9.17) is 15.2 Å². The molecule has 1 aliphatic heterocycles. The fourth-order valence-corrected chi connectivity index (χ4v) is 3.93. The average Bonchev–Trinajstić information content (AvgIpc) is 2.62. The minimum Gasteiger partial charge on any atom is -0.493 e. The van der Waals surface area contributed by atoms with Crippen molar-refractivity contribution in [3.05, 3.63) is 29.8 Å². The molecule has 0 amide bonds. The number of guanidine groups is 1. The summed E-state index contributed by atoms with van der Waals surface area (Å²) in [6.07, 6.45) is 7.10. The molecule has 1 unspecified atom stereocenters. The molecule has 1 aromatic carbocycles. The molecule has 0 radical (unpaired) electrons. The van der Waals surface area contributed by atoms with Crippen molar-refractivity contribution in [3.8, 4) is 5.75 Å². The van der Waals surface area contributed by atoms with Gasteiger partial charge < -0.3 is 20.5 Å².